The first-order chi connectivity index (χ1) is 13.4. The molecule has 0 aliphatic carbocycles. The number of rotatable bonds is 8. The van der Waals surface area contributed by atoms with Crippen LogP contribution in [0.15, 0.2) is 41.6 Å². The molecule has 0 bridgehead atoms. The fourth-order valence-corrected chi connectivity index (χ4v) is 2.64. The van der Waals surface area contributed by atoms with Crippen LogP contribution in [-0.4, -0.2) is 43.6 Å². The van der Waals surface area contributed by atoms with Gasteiger partial charge in [-0.1, -0.05) is 30.3 Å². The van der Waals surface area contributed by atoms with Crippen molar-refractivity contribution >= 4 is 23.9 Å². The van der Waals surface area contributed by atoms with Gasteiger partial charge in [-0.05, 0) is 12.5 Å². The maximum absolute atomic E-state index is 12.5. The van der Waals surface area contributed by atoms with Gasteiger partial charge in [0, 0.05) is 13.5 Å². The summed E-state index contributed by atoms with van der Waals surface area (Å²) in [7, 11) is 0. The minimum Gasteiger partial charge on any atom is -0.463 e. The molecule has 9 heteroatoms. The lowest BCUT2D eigenvalue weighted by Gasteiger charge is -2.29. The number of carbonyl (C=O) groups excluding carboxylic acids is 4. The molecule has 0 saturated carbocycles. The smallest absolute Gasteiger partial charge is 0.338 e. The molecule has 1 aromatic carbocycles. The zero-order chi connectivity index (χ0) is 20.5. The number of hydrogen-bond donors (Lipinski definition) is 3. The third-order valence-corrected chi connectivity index (χ3v) is 3.86. The molecule has 2 rings (SSSR count). The molecule has 0 saturated heterocycles. The van der Waals surface area contributed by atoms with Gasteiger partial charge in [0.05, 0.1) is 30.3 Å². The number of urea groups is 1. The summed E-state index contributed by atoms with van der Waals surface area (Å²) in [6.45, 7) is 3.01. The van der Waals surface area contributed by atoms with Crippen LogP contribution in [0, 0.1) is 0 Å². The van der Waals surface area contributed by atoms with Crippen LogP contribution in [0.25, 0.3) is 0 Å². The summed E-state index contributed by atoms with van der Waals surface area (Å²) >= 11 is 0. The van der Waals surface area contributed by atoms with Crippen molar-refractivity contribution in [3.63, 3.8) is 0 Å². The number of carbonyl (C=O) groups is 4. The van der Waals surface area contributed by atoms with Crippen LogP contribution < -0.4 is 16.0 Å². The molecule has 1 heterocycles. The second-order valence-electron chi connectivity index (χ2n) is 5.95. The lowest BCUT2D eigenvalue weighted by atomic mass is 9.95. The van der Waals surface area contributed by atoms with Gasteiger partial charge in [0.2, 0.25) is 5.91 Å². The number of hydrogen-bond acceptors (Lipinski definition) is 6. The summed E-state index contributed by atoms with van der Waals surface area (Å²) in [4.78, 5) is 47.3. The van der Waals surface area contributed by atoms with Crippen LogP contribution in [-0.2, 0) is 23.9 Å². The maximum atomic E-state index is 12.5. The molecule has 28 heavy (non-hydrogen) atoms. The van der Waals surface area contributed by atoms with Crippen LogP contribution in [0.1, 0.15) is 31.9 Å². The third-order valence-electron chi connectivity index (χ3n) is 3.86. The fraction of sp³-hybridized carbons (Fsp3) is 0.368. The number of nitrogens with one attached hydrogen (secondary N) is 3. The number of benzene rings is 1. The molecular formula is C19H23N3O6. The Hall–Kier alpha value is -3.36. The molecule has 9 nitrogen and oxygen atoms in total. The highest BCUT2D eigenvalue weighted by Crippen LogP contribution is 2.27. The number of ether oxygens (including phenoxy) is 2. The van der Waals surface area contributed by atoms with Crippen LogP contribution >= 0.6 is 0 Å². The molecule has 3 amide bonds. The molecule has 0 fully saturated rings. The predicted octanol–water partition coefficient (Wildman–Crippen LogP) is 0.927. The van der Waals surface area contributed by atoms with Crippen molar-refractivity contribution in [2.45, 2.75) is 26.3 Å². The third kappa shape index (κ3) is 5.83. The summed E-state index contributed by atoms with van der Waals surface area (Å²) in [6, 6.07) is 7.67. The Bertz CT molecular complexity index is 775. The van der Waals surface area contributed by atoms with E-state index in [-0.39, 0.29) is 43.4 Å². The van der Waals surface area contributed by atoms with Crippen molar-refractivity contribution in [2.24, 2.45) is 0 Å². The average molecular weight is 389 g/mol. The Balaban J connectivity index is 2.21. The summed E-state index contributed by atoms with van der Waals surface area (Å²) in [5.74, 6) is -1.45. The lowest BCUT2D eigenvalue weighted by molar-refractivity contribution is -0.143. The van der Waals surface area contributed by atoms with Gasteiger partial charge in [-0.3, -0.25) is 9.59 Å². The van der Waals surface area contributed by atoms with E-state index in [4.69, 9.17) is 9.47 Å². The molecule has 0 radical (unpaired) electrons. The minimum atomic E-state index is -0.734. The largest absolute Gasteiger partial charge is 0.463 e. The number of esters is 2. The first-order valence-corrected chi connectivity index (χ1v) is 8.85. The quantitative estimate of drug-likeness (QED) is 0.569. The van der Waals surface area contributed by atoms with Crippen molar-refractivity contribution in [3.05, 3.63) is 47.2 Å². The van der Waals surface area contributed by atoms with Gasteiger partial charge in [0.15, 0.2) is 0 Å². The lowest BCUT2D eigenvalue weighted by Crippen LogP contribution is -2.47. The zero-order valence-corrected chi connectivity index (χ0v) is 15.7. The standard InChI is InChI=1S/C19H23N3O6/c1-3-27-18(25)16-14(11-28-15(24)9-10-20-12(2)23)21-19(26)22-17(16)13-7-5-4-6-8-13/h4-8,17H,3,9-11H2,1-2H3,(H,20,23)(H2,21,22,26)/t17-/m1/s1. The maximum Gasteiger partial charge on any atom is 0.338 e. The van der Waals surface area contributed by atoms with Gasteiger partial charge in [0.1, 0.15) is 6.61 Å². The van der Waals surface area contributed by atoms with E-state index in [1.807, 2.05) is 6.07 Å². The number of amides is 3. The fourth-order valence-electron chi connectivity index (χ4n) is 2.64. The summed E-state index contributed by atoms with van der Waals surface area (Å²) in [6.07, 6.45) is -0.0318. The highest BCUT2D eigenvalue weighted by molar-refractivity contribution is 5.95. The van der Waals surface area contributed by atoms with Crippen LogP contribution in [0.2, 0.25) is 0 Å². The van der Waals surface area contributed by atoms with Crippen LogP contribution in [0.5, 0.6) is 0 Å². The summed E-state index contributed by atoms with van der Waals surface area (Å²) in [5, 5.41) is 7.69. The van der Waals surface area contributed by atoms with Crippen LogP contribution in [0.3, 0.4) is 0 Å². The van der Waals surface area contributed by atoms with Gasteiger partial charge < -0.3 is 25.4 Å². The van der Waals surface area contributed by atoms with Crippen molar-refractivity contribution in [1.82, 2.24) is 16.0 Å². The summed E-state index contributed by atoms with van der Waals surface area (Å²) in [5.41, 5.74) is 1.01. The topological polar surface area (TPSA) is 123 Å². The van der Waals surface area contributed by atoms with E-state index in [0.717, 1.165) is 0 Å². The van der Waals surface area contributed by atoms with E-state index in [9.17, 15) is 19.2 Å². The second kappa shape index (κ2) is 10.1. The molecule has 1 aliphatic heterocycles. The van der Waals surface area contributed by atoms with E-state index in [1.54, 1.807) is 31.2 Å². The zero-order valence-electron chi connectivity index (χ0n) is 15.7. The van der Waals surface area contributed by atoms with E-state index in [0.29, 0.717) is 5.56 Å². The highest BCUT2D eigenvalue weighted by Gasteiger charge is 2.34. The second-order valence-corrected chi connectivity index (χ2v) is 5.95. The molecule has 1 aromatic rings. The molecule has 1 aliphatic rings. The Kier molecular flexibility index (Phi) is 7.55. The van der Waals surface area contributed by atoms with E-state index in [2.05, 4.69) is 16.0 Å². The van der Waals surface area contributed by atoms with E-state index < -0.39 is 24.0 Å². The molecule has 3 N–H and O–H groups in total. The van der Waals surface area contributed by atoms with E-state index >= 15 is 0 Å². The van der Waals surface area contributed by atoms with Crippen molar-refractivity contribution in [2.75, 3.05) is 19.8 Å². The van der Waals surface area contributed by atoms with Gasteiger partial charge >= 0.3 is 18.0 Å². The van der Waals surface area contributed by atoms with Gasteiger partial charge in [0.25, 0.3) is 0 Å². The molecule has 1 atom stereocenters. The molecule has 150 valence electrons. The molecule has 0 unspecified atom stereocenters. The van der Waals surface area contributed by atoms with Gasteiger partial charge in [-0.15, -0.1) is 0 Å². The van der Waals surface area contributed by atoms with Crippen molar-refractivity contribution < 1.29 is 28.7 Å². The van der Waals surface area contributed by atoms with Crippen molar-refractivity contribution in [1.29, 1.82) is 0 Å². The molecular weight excluding hydrogens is 366 g/mol. The molecule has 0 aromatic heterocycles. The van der Waals surface area contributed by atoms with Crippen LogP contribution in [0.4, 0.5) is 4.79 Å². The SMILES string of the molecule is CCOC(=O)C1=C(COC(=O)CCNC(C)=O)NC(=O)N[C@@H]1c1ccccc1. The normalized spacial score (nSPS) is 15.9. The van der Waals surface area contributed by atoms with Crippen molar-refractivity contribution in [3.8, 4) is 0 Å². The Labute approximate surface area is 162 Å². The first-order valence-electron chi connectivity index (χ1n) is 8.85. The minimum absolute atomic E-state index is 0.0318. The first kappa shape index (κ1) is 20.9. The Morgan fingerprint density at radius 2 is 1.86 bits per heavy atom. The highest BCUT2D eigenvalue weighted by atomic mass is 16.5. The average Bonchev–Trinajstić information content (AvgIpc) is 2.66. The van der Waals surface area contributed by atoms with E-state index in [1.165, 1.54) is 6.92 Å². The van der Waals surface area contributed by atoms with Gasteiger partial charge in [-0.25, -0.2) is 9.59 Å². The molecule has 0 spiro atoms. The summed E-state index contributed by atoms with van der Waals surface area (Å²) < 4.78 is 10.3. The Morgan fingerprint density at radius 1 is 1.14 bits per heavy atom. The predicted molar refractivity (Wildman–Crippen MR) is 98.8 cm³/mol. The van der Waals surface area contributed by atoms with Gasteiger partial charge in [-0.2, -0.15) is 0 Å². The Morgan fingerprint density at radius 3 is 2.50 bits per heavy atom. The monoisotopic (exact) mass is 389 g/mol.